The summed E-state index contributed by atoms with van der Waals surface area (Å²) in [5.74, 6) is 1.97. The SMILES string of the molecule is c1ccc(-c2nc(-c3ccccc3-c3ccccc3)nc(-c3ccccc3-c3ccc4c(c3)C3(CCCCC3)c3cc(-c5cccnc5)ccc3-4)n2)cc1. The second kappa shape index (κ2) is 13.5. The Hall–Kier alpha value is -6.52. The number of rotatable bonds is 6. The molecule has 0 unspecified atom stereocenters. The zero-order chi connectivity index (χ0) is 35.9. The molecule has 258 valence electrons. The van der Waals surface area contributed by atoms with Gasteiger partial charge >= 0.3 is 0 Å². The largest absolute Gasteiger partial charge is 0.264 e. The number of fused-ring (bicyclic) bond motifs is 5. The van der Waals surface area contributed by atoms with Crippen LogP contribution >= 0.6 is 0 Å². The molecule has 0 aliphatic heterocycles. The van der Waals surface area contributed by atoms with Crippen molar-refractivity contribution in [1.29, 1.82) is 0 Å². The van der Waals surface area contributed by atoms with Crippen LogP contribution in [0.25, 0.3) is 78.7 Å². The van der Waals surface area contributed by atoms with E-state index < -0.39 is 0 Å². The van der Waals surface area contributed by atoms with E-state index in [-0.39, 0.29) is 5.41 Å². The molecule has 4 nitrogen and oxygen atoms in total. The summed E-state index contributed by atoms with van der Waals surface area (Å²) in [4.78, 5) is 20.0. The number of aromatic nitrogens is 4. The van der Waals surface area contributed by atoms with Gasteiger partial charge in [0.1, 0.15) is 0 Å². The molecule has 0 saturated heterocycles. The summed E-state index contributed by atoms with van der Waals surface area (Å²) >= 11 is 0. The molecule has 0 radical (unpaired) electrons. The van der Waals surface area contributed by atoms with Gasteiger partial charge in [0.05, 0.1) is 0 Å². The first-order valence-electron chi connectivity index (χ1n) is 19.0. The van der Waals surface area contributed by atoms with E-state index >= 15 is 0 Å². The number of hydrogen-bond acceptors (Lipinski definition) is 4. The molecule has 1 spiro atoms. The Labute approximate surface area is 316 Å². The molecule has 0 N–H and O–H groups in total. The number of nitrogens with zero attached hydrogens (tertiary/aromatic N) is 4. The summed E-state index contributed by atoms with van der Waals surface area (Å²) in [5, 5.41) is 0. The minimum atomic E-state index is -0.00590. The molecule has 0 bridgehead atoms. The van der Waals surface area contributed by atoms with Crippen LogP contribution in [-0.2, 0) is 5.41 Å². The van der Waals surface area contributed by atoms with Gasteiger partial charge in [-0.1, -0.05) is 159 Å². The van der Waals surface area contributed by atoms with E-state index in [1.807, 2.05) is 42.7 Å². The summed E-state index contributed by atoms with van der Waals surface area (Å²) in [7, 11) is 0. The first-order chi connectivity index (χ1) is 26.7. The molecule has 1 fully saturated rings. The highest BCUT2D eigenvalue weighted by molar-refractivity contribution is 5.89. The minimum Gasteiger partial charge on any atom is -0.264 e. The van der Waals surface area contributed by atoms with Gasteiger partial charge in [0.15, 0.2) is 17.5 Å². The van der Waals surface area contributed by atoms with Gasteiger partial charge in [0.25, 0.3) is 0 Å². The van der Waals surface area contributed by atoms with Gasteiger partial charge in [0, 0.05) is 34.5 Å². The standard InChI is InChI=1S/C50H38N4/c1-4-15-34(16-5-1)39-20-8-10-22-43(39)48-52-47(35-17-6-2-7-18-35)53-49(54-48)44-23-11-9-21-40(44)37-25-27-42-41-26-24-36(38-19-14-30-51-33-38)31-45(41)50(46(42)32-37)28-12-3-13-29-50/h1-2,4-11,14-27,30-33H,3,12-13,28-29H2. The second-order valence-corrected chi connectivity index (χ2v) is 14.5. The molecule has 10 rings (SSSR count). The van der Waals surface area contributed by atoms with Crippen LogP contribution in [0.2, 0.25) is 0 Å². The number of benzene rings is 6. The maximum absolute atomic E-state index is 5.27. The van der Waals surface area contributed by atoms with E-state index in [2.05, 4.69) is 132 Å². The number of hydrogen-bond donors (Lipinski definition) is 0. The minimum absolute atomic E-state index is 0.00590. The Morgan fingerprint density at radius 1 is 0.352 bits per heavy atom. The summed E-state index contributed by atoms with van der Waals surface area (Å²) < 4.78 is 0. The average Bonchev–Trinajstić information content (AvgIpc) is 3.51. The Morgan fingerprint density at radius 2 is 0.852 bits per heavy atom. The van der Waals surface area contributed by atoms with Gasteiger partial charge in [-0.05, 0) is 86.7 Å². The van der Waals surface area contributed by atoms with Gasteiger partial charge in [-0.3, -0.25) is 4.98 Å². The van der Waals surface area contributed by atoms with Crippen molar-refractivity contribution in [3.8, 4) is 78.7 Å². The Kier molecular flexibility index (Phi) is 8.02. The van der Waals surface area contributed by atoms with Crippen molar-refractivity contribution < 1.29 is 0 Å². The average molecular weight is 695 g/mol. The molecule has 0 amide bonds. The van der Waals surface area contributed by atoms with E-state index in [0.29, 0.717) is 17.5 Å². The van der Waals surface area contributed by atoms with Crippen LogP contribution in [0.4, 0.5) is 0 Å². The third-order valence-electron chi connectivity index (χ3n) is 11.5. The molecule has 0 atom stereocenters. The predicted octanol–water partition coefficient (Wildman–Crippen LogP) is 12.5. The molecule has 6 aromatic carbocycles. The normalized spacial score (nSPS) is 14.1. The van der Waals surface area contributed by atoms with E-state index in [4.69, 9.17) is 15.0 Å². The van der Waals surface area contributed by atoms with Crippen LogP contribution in [0.5, 0.6) is 0 Å². The smallest absolute Gasteiger partial charge is 0.164 e. The lowest BCUT2D eigenvalue weighted by Crippen LogP contribution is -2.28. The van der Waals surface area contributed by atoms with Crippen LogP contribution in [0.15, 0.2) is 170 Å². The molecule has 4 heteroatoms. The molecule has 2 aliphatic rings. The zero-order valence-electron chi connectivity index (χ0n) is 30.0. The van der Waals surface area contributed by atoms with E-state index in [1.54, 1.807) is 0 Å². The fourth-order valence-corrected chi connectivity index (χ4v) is 8.88. The molecule has 2 heterocycles. The van der Waals surface area contributed by atoms with E-state index in [9.17, 15) is 0 Å². The van der Waals surface area contributed by atoms with Crippen molar-refractivity contribution in [2.24, 2.45) is 0 Å². The highest BCUT2D eigenvalue weighted by atomic mass is 15.0. The lowest BCUT2D eigenvalue weighted by Gasteiger charge is -2.36. The van der Waals surface area contributed by atoms with Crippen LogP contribution in [0.3, 0.4) is 0 Å². The molecular formula is C50H38N4. The summed E-state index contributed by atoms with van der Waals surface area (Å²) in [6, 6.07) is 56.1. The van der Waals surface area contributed by atoms with E-state index in [1.165, 1.54) is 52.6 Å². The van der Waals surface area contributed by atoms with Gasteiger partial charge in [0.2, 0.25) is 0 Å². The molecule has 54 heavy (non-hydrogen) atoms. The van der Waals surface area contributed by atoms with E-state index in [0.717, 1.165) is 51.8 Å². The lowest BCUT2D eigenvalue weighted by atomic mass is 9.67. The van der Waals surface area contributed by atoms with Crippen molar-refractivity contribution in [2.45, 2.75) is 37.5 Å². The highest BCUT2D eigenvalue weighted by Gasteiger charge is 2.44. The fourth-order valence-electron chi connectivity index (χ4n) is 8.88. The Morgan fingerprint density at radius 3 is 1.46 bits per heavy atom. The molecule has 1 saturated carbocycles. The third-order valence-corrected chi connectivity index (χ3v) is 11.5. The Bertz CT molecular complexity index is 2630. The van der Waals surface area contributed by atoms with Gasteiger partial charge in [-0.15, -0.1) is 0 Å². The maximum Gasteiger partial charge on any atom is 0.164 e. The van der Waals surface area contributed by atoms with Crippen LogP contribution in [0.1, 0.15) is 43.2 Å². The van der Waals surface area contributed by atoms with Crippen molar-refractivity contribution in [3.05, 3.63) is 181 Å². The third kappa shape index (κ3) is 5.54. The summed E-state index contributed by atoms with van der Waals surface area (Å²) in [6.07, 6.45) is 9.89. The quantitative estimate of drug-likeness (QED) is 0.174. The van der Waals surface area contributed by atoms with Crippen LogP contribution < -0.4 is 0 Å². The Balaban J connectivity index is 1.13. The van der Waals surface area contributed by atoms with Gasteiger partial charge in [-0.2, -0.15) is 0 Å². The second-order valence-electron chi connectivity index (χ2n) is 14.5. The van der Waals surface area contributed by atoms with Crippen molar-refractivity contribution in [2.75, 3.05) is 0 Å². The predicted molar refractivity (Wildman–Crippen MR) is 220 cm³/mol. The summed E-state index contributed by atoms with van der Waals surface area (Å²) in [6.45, 7) is 0. The maximum atomic E-state index is 5.27. The molecule has 8 aromatic rings. The van der Waals surface area contributed by atoms with Crippen molar-refractivity contribution >= 4 is 0 Å². The highest BCUT2D eigenvalue weighted by Crippen LogP contribution is 2.57. The summed E-state index contributed by atoms with van der Waals surface area (Å²) in [5.41, 5.74) is 15.5. The van der Waals surface area contributed by atoms with Gasteiger partial charge in [-0.25, -0.2) is 15.0 Å². The zero-order valence-corrected chi connectivity index (χ0v) is 30.0. The number of pyridine rings is 1. The van der Waals surface area contributed by atoms with Crippen molar-refractivity contribution in [1.82, 2.24) is 19.9 Å². The lowest BCUT2D eigenvalue weighted by molar-refractivity contribution is 0.353. The molecule has 2 aromatic heterocycles. The van der Waals surface area contributed by atoms with Gasteiger partial charge < -0.3 is 0 Å². The first-order valence-corrected chi connectivity index (χ1v) is 19.0. The van der Waals surface area contributed by atoms with Crippen LogP contribution in [0, 0.1) is 0 Å². The van der Waals surface area contributed by atoms with Crippen LogP contribution in [-0.4, -0.2) is 19.9 Å². The first kappa shape index (κ1) is 32.2. The molecule has 2 aliphatic carbocycles. The topological polar surface area (TPSA) is 51.6 Å². The van der Waals surface area contributed by atoms with Crippen molar-refractivity contribution in [3.63, 3.8) is 0 Å². The fraction of sp³-hybridized carbons (Fsp3) is 0.120. The monoisotopic (exact) mass is 694 g/mol. The molecular weight excluding hydrogens is 657 g/mol.